The van der Waals surface area contributed by atoms with Crippen LogP contribution in [0.4, 0.5) is 13.2 Å². The molecule has 0 aromatic heterocycles. The monoisotopic (exact) mass is 275 g/mol. The third-order valence-electron chi connectivity index (χ3n) is 5.41. The highest BCUT2D eigenvalue weighted by atomic mass is 19.4. The van der Waals surface area contributed by atoms with E-state index in [0.29, 0.717) is 11.8 Å². The van der Waals surface area contributed by atoms with E-state index in [4.69, 9.17) is 0 Å². The molecule has 2 saturated carbocycles. The summed E-state index contributed by atoms with van der Waals surface area (Å²) >= 11 is 0. The van der Waals surface area contributed by atoms with Crippen molar-refractivity contribution in [2.24, 2.45) is 17.3 Å². The van der Waals surface area contributed by atoms with E-state index in [1.165, 1.54) is 19.3 Å². The van der Waals surface area contributed by atoms with Crippen molar-refractivity contribution < 1.29 is 18.0 Å². The molecule has 2 aliphatic carbocycles. The van der Waals surface area contributed by atoms with Gasteiger partial charge in [0.25, 0.3) is 0 Å². The Balaban J connectivity index is 1.57. The average Bonchev–Trinajstić information content (AvgIpc) is 2.94. The molecule has 1 heterocycles. The van der Waals surface area contributed by atoms with Crippen LogP contribution in [-0.2, 0) is 4.79 Å². The van der Waals surface area contributed by atoms with E-state index in [1.54, 1.807) is 0 Å². The lowest BCUT2D eigenvalue weighted by molar-refractivity contribution is -0.173. The summed E-state index contributed by atoms with van der Waals surface area (Å²) in [7, 11) is 0. The maximum absolute atomic E-state index is 12.6. The molecule has 2 atom stereocenters. The molecule has 1 amide bonds. The van der Waals surface area contributed by atoms with Gasteiger partial charge < -0.3 is 4.90 Å². The zero-order valence-electron chi connectivity index (χ0n) is 11.0. The maximum Gasteiger partial charge on any atom is 0.391 e. The van der Waals surface area contributed by atoms with Gasteiger partial charge in [0, 0.05) is 19.0 Å². The molecule has 1 spiro atoms. The zero-order chi connectivity index (χ0) is 13.7. The van der Waals surface area contributed by atoms with Gasteiger partial charge in [-0.15, -0.1) is 0 Å². The van der Waals surface area contributed by atoms with Crippen LogP contribution in [0.5, 0.6) is 0 Å². The summed E-state index contributed by atoms with van der Waals surface area (Å²) in [6, 6.07) is 0. The first-order valence-electron chi connectivity index (χ1n) is 7.25. The van der Waals surface area contributed by atoms with Gasteiger partial charge in [0.1, 0.15) is 0 Å². The van der Waals surface area contributed by atoms with Crippen molar-refractivity contribution in [1.29, 1.82) is 0 Å². The Hall–Kier alpha value is -0.740. The number of hydrogen-bond acceptors (Lipinski definition) is 1. The van der Waals surface area contributed by atoms with E-state index in [-0.39, 0.29) is 24.7 Å². The summed E-state index contributed by atoms with van der Waals surface area (Å²) in [4.78, 5) is 14.1. The van der Waals surface area contributed by atoms with Crippen LogP contribution in [0, 0.1) is 17.3 Å². The number of halogens is 3. The van der Waals surface area contributed by atoms with E-state index in [0.717, 1.165) is 19.5 Å². The Bertz CT molecular complexity index is 375. The zero-order valence-corrected chi connectivity index (χ0v) is 11.0. The third-order valence-corrected chi connectivity index (χ3v) is 5.41. The summed E-state index contributed by atoms with van der Waals surface area (Å²) in [6.45, 7) is 1.55. The van der Waals surface area contributed by atoms with Crippen LogP contribution in [-0.4, -0.2) is 30.1 Å². The van der Waals surface area contributed by atoms with Gasteiger partial charge in [-0.1, -0.05) is 6.42 Å². The molecule has 0 aromatic carbocycles. The van der Waals surface area contributed by atoms with Crippen LogP contribution in [0.25, 0.3) is 0 Å². The molecule has 2 nitrogen and oxygen atoms in total. The molecule has 3 aliphatic rings. The lowest BCUT2D eigenvalue weighted by atomic mass is 9.68. The summed E-state index contributed by atoms with van der Waals surface area (Å²) in [5, 5.41) is 0. The van der Waals surface area contributed by atoms with Gasteiger partial charge in [-0.2, -0.15) is 13.2 Å². The number of amides is 1. The molecule has 108 valence electrons. The van der Waals surface area contributed by atoms with E-state index >= 15 is 0 Å². The number of likely N-dealkylation sites (tertiary alicyclic amines) is 1. The molecule has 1 saturated heterocycles. The Labute approximate surface area is 111 Å². The minimum absolute atomic E-state index is 0.00579. The van der Waals surface area contributed by atoms with Crippen molar-refractivity contribution in [3.05, 3.63) is 0 Å². The summed E-state index contributed by atoms with van der Waals surface area (Å²) in [5.74, 6) is -1.67. The maximum atomic E-state index is 12.6. The molecule has 1 aliphatic heterocycles. The first-order chi connectivity index (χ1) is 8.90. The van der Waals surface area contributed by atoms with E-state index in [1.807, 2.05) is 4.90 Å². The Kier molecular flexibility index (Phi) is 3.06. The molecule has 3 rings (SSSR count). The van der Waals surface area contributed by atoms with Crippen molar-refractivity contribution >= 4 is 5.91 Å². The number of carbonyl (C=O) groups excluding carboxylic acids is 1. The lowest BCUT2D eigenvalue weighted by Gasteiger charge is -2.38. The minimum Gasteiger partial charge on any atom is -0.342 e. The molecule has 2 unspecified atom stereocenters. The average molecular weight is 275 g/mol. The normalized spacial score (nSPS) is 33.7. The topological polar surface area (TPSA) is 20.3 Å². The molecule has 3 fully saturated rings. The summed E-state index contributed by atoms with van der Waals surface area (Å²) < 4.78 is 37.9. The van der Waals surface area contributed by atoms with E-state index in [9.17, 15) is 18.0 Å². The van der Waals surface area contributed by atoms with Crippen LogP contribution >= 0.6 is 0 Å². The van der Waals surface area contributed by atoms with Gasteiger partial charge in [-0.3, -0.25) is 4.79 Å². The molecule has 0 N–H and O–H groups in total. The smallest absolute Gasteiger partial charge is 0.342 e. The molecular weight excluding hydrogens is 255 g/mol. The van der Waals surface area contributed by atoms with Crippen LogP contribution in [0.2, 0.25) is 0 Å². The Morgan fingerprint density at radius 1 is 1.16 bits per heavy atom. The van der Waals surface area contributed by atoms with E-state index < -0.39 is 12.1 Å². The van der Waals surface area contributed by atoms with Crippen LogP contribution in [0.3, 0.4) is 0 Å². The second-order valence-corrected chi connectivity index (χ2v) is 6.61. The number of rotatable bonds is 1. The molecule has 0 aromatic rings. The van der Waals surface area contributed by atoms with Crippen LogP contribution < -0.4 is 0 Å². The highest BCUT2D eigenvalue weighted by Gasteiger charge is 2.49. The lowest BCUT2D eigenvalue weighted by Crippen LogP contribution is -2.38. The van der Waals surface area contributed by atoms with Crippen molar-refractivity contribution in [2.45, 2.75) is 51.1 Å². The number of nitrogens with zero attached hydrogens (tertiary/aromatic N) is 1. The second-order valence-electron chi connectivity index (χ2n) is 6.61. The Morgan fingerprint density at radius 2 is 1.89 bits per heavy atom. The van der Waals surface area contributed by atoms with Crippen molar-refractivity contribution in [3.63, 3.8) is 0 Å². The van der Waals surface area contributed by atoms with Gasteiger partial charge >= 0.3 is 6.18 Å². The third kappa shape index (κ3) is 2.36. The predicted octanol–water partition coefficient (Wildman–Crippen LogP) is 3.37. The van der Waals surface area contributed by atoms with Crippen molar-refractivity contribution in [2.75, 3.05) is 13.1 Å². The van der Waals surface area contributed by atoms with Crippen LogP contribution in [0.1, 0.15) is 44.9 Å². The fourth-order valence-electron chi connectivity index (χ4n) is 3.97. The minimum atomic E-state index is -4.13. The quantitative estimate of drug-likeness (QED) is 0.718. The first-order valence-corrected chi connectivity index (χ1v) is 7.25. The van der Waals surface area contributed by atoms with Gasteiger partial charge in [-0.25, -0.2) is 0 Å². The highest BCUT2D eigenvalue weighted by Crippen LogP contribution is 2.49. The Morgan fingerprint density at radius 3 is 2.37 bits per heavy atom. The number of carbonyl (C=O) groups is 1. The van der Waals surface area contributed by atoms with Crippen molar-refractivity contribution in [3.8, 4) is 0 Å². The van der Waals surface area contributed by atoms with Gasteiger partial charge in [0.15, 0.2) is 0 Å². The molecule has 0 radical (unpaired) electrons. The first kappa shape index (κ1) is 13.3. The standard InChI is InChI=1S/C14H20F3NO/c15-14(16,17)11-3-2-10(8-11)12(19)18-7-6-13(9-18)4-1-5-13/h10-11H,1-9H2. The fourth-order valence-corrected chi connectivity index (χ4v) is 3.97. The van der Waals surface area contributed by atoms with Gasteiger partial charge in [0.2, 0.25) is 5.91 Å². The number of hydrogen-bond donors (Lipinski definition) is 0. The van der Waals surface area contributed by atoms with Crippen molar-refractivity contribution in [1.82, 2.24) is 4.90 Å². The number of alkyl halides is 3. The molecule has 0 bridgehead atoms. The molecule has 5 heteroatoms. The second kappa shape index (κ2) is 4.38. The van der Waals surface area contributed by atoms with Gasteiger partial charge in [0.05, 0.1) is 5.92 Å². The SMILES string of the molecule is O=C(C1CCC(C(F)(F)F)C1)N1CCC2(CCC2)C1. The predicted molar refractivity (Wildman–Crippen MR) is 64.4 cm³/mol. The summed E-state index contributed by atoms with van der Waals surface area (Å²) in [6.07, 6.45) is 1.07. The summed E-state index contributed by atoms with van der Waals surface area (Å²) in [5.41, 5.74) is 0.331. The molecule has 19 heavy (non-hydrogen) atoms. The fraction of sp³-hybridized carbons (Fsp3) is 0.929. The van der Waals surface area contributed by atoms with Gasteiger partial charge in [-0.05, 0) is 43.9 Å². The molecular formula is C14H20F3NO. The highest BCUT2D eigenvalue weighted by molar-refractivity contribution is 5.79. The van der Waals surface area contributed by atoms with E-state index in [2.05, 4.69) is 0 Å². The van der Waals surface area contributed by atoms with Crippen LogP contribution in [0.15, 0.2) is 0 Å². The largest absolute Gasteiger partial charge is 0.391 e.